The van der Waals surface area contributed by atoms with Gasteiger partial charge in [0.25, 0.3) is 0 Å². The van der Waals surface area contributed by atoms with Gasteiger partial charge in [-0.1, -0.05) is 55.5 Å². The van der Waals surface area contributed by atoms with Crippen LogP contribution in [0.4, 0.5) is 5.69 Å². The van der Waals surface area contributed by atoms with Gasteiger partial charge in [-0.05, 0) is 29.7 Å². The number of aryl methyl sites for hydroxylation is 1. The molecule has 2 N–H and O–H groups in total. The first-order valence-corrected chi connectivity index (χ1v) is 7.90. The van der Waals surface area contributed by atoms with Crippen LogP contribution >= 0.6 is 12.2 Å². The van der Waals surface area contributed by atoms with E-state index in [1.54, 1.807) is 0 Å². The minimum absolute atomic E-state index is 0.0134. The Bertz CT molecular complexity index is 869. The van der Waals surface area contributed by atoms with Gasteiger partial charge >= 0.3 is 0 Å². The number of thiocarbonyl (C=S) groups is 1. The highest BCUT2D eigenvalue weighted by atomic mass is 32.1. The minimum Gasteiger partial charge on any atom is -0.493 e. The highest BCUT2D eigenvalue weighted by Gasteiger charge is 2.11. The van der Waals surface area contributed by atoms with E-state index in [-0.39, 0.29) is 5.88 Å². The molecule has 0 saturated carbocycles. The molecule has 0 aliphatic carbocycles. The molecule has 0 bridgehead atoms. The summed E-state index contributed by atoms with van der Waals surface area (Å²) in [5.41, 5.74) is 3.54. The van der Waals surface area contributed by atoms with E-state index in [0.29, 0.717) is 17.1 Å². The van der Waals surface area contributed by atoms with Crippen LogP contribution < -0.4 is 0 Å². The Morgan fingerprint density at radius 2 is 1.91 bits per heavy atom. The van der Waals surface area contributed by atoms with Gasteiger partial charge in [0.1, 0.15) is 4.99 Å². The molecule has 1 heterocycles. The summed E-state index contributed by atoms with van der Waals surface area (Å²) in [5.74, 6) is 0.0134. The summed E-state index contributed by atoms with van der Waals surface area (Å²) in [6.07, 6.45) is 1.48. The summed E-state index contributed by atoms with van der Waals surface area (Å²) >= 11 is 5.27. The SMILES string of the molecule is CCc1ccc2[nH]c(O)c(N=NC(=S)Cc3ccccc3)c2c1. The summed E-state index contributed by atoms with van der Waals surface area (Å²) in [6, 6.07) is 15.9. The number of azo groups is 1. The fraction of sp³-hybridized carbons (Fsp3) is 0.167. The molecule has 0 aliphatic heterocycles. The van der Waals surface area contributed by atoms with E-state index in [2.05, 4.69) is 22.1 Å². The van der Waals surface area contributed by atoms with E-state index in [1.807, 2.05) is 48.5 Å². The predicted octanol–water partition coefficient (Wildman–Crippen LogP) is 5.09. The van der Waals surface area contributed by atoms with Crippen LogP contribution in [0.2, 0.25) is 0 Å². The lowest BCUT2D eigenvalue weighted by Gasteiger charge is -1.98. The quantitative estimate of drug-likeness (QED) is 0.519. The van der Waals surface area contributed by atoms with Crippen LogP contribution in [0.3, 0.4) is 0 Å². The van der Waals surface area contributed by atoms with Gasteiger partial charge in [-0.3, -0.25) is 0 Å². The van der Waals surface area contributed by atoms with Crippen LogP contribution in [0.1, 0.15) is 18.1 Å². The van der Waals surface area contributed by atoms with Crippen molar-refractivity contribution in [1.29, 1.82) is 0 Å². The second kappa shape index (κ2) is 6.71. The summed E-state index contributed by atoms with van der Waals surface area (Å²) in [6.45, 7) is 2.09. The lowest BCUT2D eigenvalue weighted by atomic mass is 10.1. The first kappa shape index (κ1) is 15.4. The van der Waals surface area contributed by atoms with E-state index >= 15 is 0 Å². The molecule has 1 aromatic heterocycles. The van der Waals surface area contributed by atoms with E-state index < -0.39 is 0 Å². The molecule has 0 atom stereocenters. The van der Waals surface area contributed by atoms with Gasteiger partial charge < -0.3 is 10.1 Å². The number of fused-ring (bicyclic) bond motifs is 1. The molecule has 116 valence electrons. The number of hydrogen-bond acceptors (Lipinski definition) is 3. The van der Waals surface area contributed by atoms with Crippen molar-refractivity contribution in [2.45, 2.75) is 19.8 Å². The van der Waals surface area contributed by atoms with Gasteiger partial charge in [-0.2, -0.15) is 0 Å². The van der Waals surface area contributed by atoms with E-state index in [1.165, 1.54) is 5.56 Å². The van der Waals surface area contributed by atoms with Gasteiger partial charge in [-0.15, -0.1) is 10.2 Å². The van der Waals surface area contributed by atoms with Crippen molar-refractivity contribution in [3.8, 4) is 5.88 Å². The lowest BCUT2D eigenvalue weighted by Crippen LogP contribution is -1.94. The third-order valence-corrected chi connectivity index (χ3v) is 3.91. The van der Waals surface area contributed by atoms with E-state index in [4.69, 9.17) is 12.2 Å². The molecule has 5 heteroatoms. The number of nitrogens with one attached hydrogen (secondary N) is 1. The normalized spacial score (nSPS) is 11.3. The van der Waals surface area contributed by atoms with E-state index in [9.17, 15) is 5.11 Å². The first-order chi connectivity index (χ1) is 11.2. The van der Waals surface area contributed by atoms with Gasteiger partial charge in [0.05, 0.1) is 5.52 Å². The van der Waals surface area contributed by atoms with Gasteiger partial charge in [0, 0.05) is 11.8 Å². The summed E-state index contributed by atoms with van der Waals surface area (Å²) in [4.78, 5) is 3.39. The standard InChI is InChI=1S/C18H17N3OS/c1-2-12-8-9-15-14(10-12)17(18(22)19-15)21-20-16(23)11-13-6-4-3-5-7-13/h3-10,19,22H,2,11H2,1H3. The smallest absolute Gasteiger partial charge is 0.218 e. The second-order valence-corrected chi connectivity index (χ2v) is 5.78. The van der Waals surface area contributed by atoms with Gasteiger partial charge in [0.15, 0.2) is 5.69 Å². The van der Waals surface area contributed by atoms with Crippen molar-refractivity contribution >= 4 is 33.8 Å². The van der Waals surface area contributed by atoms with Crippen molar-refractivity contribution < 1.29 is 5.11 Å². The molecule has 3 rings (SSSR count). The molecule has 2 aromatic carbocycles. The number of H-pyrrole nitrogens is 1. The monoisotopic (exact) mass is 323 g/mol. The first-order valence-electron chi connectivity index (χ1n) is 7.49. The van der Waals surface area contributed by atoms with E-state index in [0.717, 1.165) is 22.9 Å². The minimum atomic E-state index is 0.0134. The number of rotatable bonds is 4. The average molecular weight is 323 g/mol. The summed E-state index contributed by atoms with van der Waals surface area (Å²) in [5, 5.41) is 19.2. The van der Waals surface area contributed by atoms with Crippen molar-refractivity contribution in [1.82, 2.24) is 4.98 Å². The van der Waals surface area contributed by atoms with Crippen LogP contribution in [0.15, 0.2) is 58.8 Å². The van der Waals surface area contributed by atoms with Gasteiger partial charge in [0.2, 0.25) is 5.88 Å². The summed E-state index contributed by atoms with van der Waals surface area (Å²) < 4.78 is 0. The number of aromatic hydroxyl groups is 1. The molecule has 0 aliphatic rings. The van der Waals surface area contributed by atoms with Crippen molar-refractivity contribution in [3.63, 3.8) is 0 Å². The number of nitrogens with zero attached hydrogens (tertiary/aromatic N) is 2. The Hall–Kier alpha value is -2.53. The van der Waals surface area contributed by atoms with Crippen molar-refractivity contribution in [2.75, 3.05) is 0 Å². The molecule has 0 fully saturated rings. The molecule has 0 amide bonds. The molecule has 0 spiro atoms. The molecule has 23 heavy (non-hydrogen) atoms. The molecule has 0 unspecified atom stereocenters. The number of hydrogen-bond donors (Lipinski definition) is 2. The zero-order chi connectivity index (χ0) is 16.2. The maximum absolute atomic E-state index is 10.0. The topological polar surface area (TPSA) is 60.7 Å². The predicted molar refractivity (Wildman–Crippen MR) is 96.6 cm³/mol. The van der Waals surface area contributed by atoms with Crippen LogP contribution in [-0.2, 0) is 12.8 Å². The maximum Gasteiger partial charge on any atom is 0.218 e. The Kier molecular flexibility index (Phi) is 4.48. The number of aromatic amines is 1. The third kappa shape index (κ3) is 3.46. The molecule has 4 nitrogen and oxygen atoms in total. The Morgan fingerprint density at radius 1 is 1.13 bits per heavy atom. The van der Waals surface area contributed by atoms with Crippen molar-refractivity contribution in [3.05, 3.63) is 59.7 Å². The lowest BCUT2D eigenvalue weighted by molar-refractivity contribution is 0.459. The van der Waals surface area contributed by atoms with Gasteiger partial charge in [-0.25, -0.2) is 0 Å². The molecule has 0 radical (unpaired) electrons. The van der Waals surface area contributed by atoms with Crippen LogP contribution in [0.25, 0.3) is 10.9 Å². The Morgan fingerprint density at radius 3 is 2.65 bits per heavy atom. The zero-order valence-corrected chi connectivity index (χ0v) is 13.6. The average Bonchev–Trinajstić information content (AvgIpc) is 2.88. The number of benzene rings is 2. The maximum atomic E-state index is 10.0. The highest BCUT2D eigenvalue weighted by Crippen LogP contribution is 2.36. The van der Waals surface area contributed by atoms with Crippen molar-refractivity contribution in [2.24, 2.45) is 10.2 Å². The fourth-order valence-electron chi connectivity index (χ4n) is 2.44. The Balaban J connectivity index is 1.85. The molecule has 3 aromatic rings. The number of aromatic nitrogens is 1. The van der Waals surface area contributed by atoms with Crippen LogP contribution in [-0.4, -0.2) is 15.1 Å². The highest BCUT2D eigenvalue weighted by molar-refractivity contribution is 7.80. The molecular weight excluding hydrogens is 306 g/mol. The molecular formula is C18H17N3OS. The molecule has 0 saturated heterocycles. The fourth-order valence-corrected chi connectivity index (χ4v) is 2.65. The largest absolute Gasteiger partial charge is 0.493 e. The Labute approximate surface area is 139 Å². The second-order valence-electron chi connectivity index (χ2n) is 5.31. The van der Waals surface area contributed by atoms with Crippen LogP contribution in [0.5, 0.6) is 5.88 Å². The third-order valence-electron chi connectivity index (χ3n) is 3.68. The summed E-state index contributed by atoms with van der Waals surface area (Å²) in [7, 11) is 0. The van der Waals surface area contributed by atoms with Crippen LogP contribution in [0, 0.1) is 0 Å². The zero-order valence-electron chi connectivity index (χ0n) is 12.8.